The predicted molar refractivity (Wildman–Crippen MR) is 79.7 cm³/mol. The van der Waals surface area contributed by atoms with Gasteiger partial charge in [0.05, 0.1) is 11.2 Å². The van der Waals surface area contributed by atoms with Crippen molar-refractivity contribution in [2.75, 3.05) is 10.8 Å². The van der Waals surface area contributed by atoms with Crippen LogP contribution in [-0.2, 0) is 22.1 Å². The van der Waals surface area contributed by atoms with Gasteiger partial charge in [0, 0.05) is 24.4 Å². The number of hydrogen-bond donors (Lipinski definition) is 2. The van der Waals surface area contributed by atoms with Crippen molar-refractivity contribution in [1.29, 1.82) is 0 Å². The van der Waals surface area contributed by atoms with Crippen molar-refractivity contribution < 1.29 is 18.3 Å². The first-order chi connectivity index (χ1) is 10.3. The maximum Gasteiger partial charge on any atom is 0.326 e. The summed E-state index contributed by atoms with van der Waals surface area (Å²) in [7, 11) is -2.33. The largest absolute Gasteiger partial charge is 0.506 e. The average molecular weight is 343 g/mol. The molecule has 1 fully saturated rings. The zero-order valence-corrected chi connectivity index (χ0v) is 12.9. The molecule has 1 aromatic carbocycles. The molecular weight excluding hydrogens is 332 g/mol. The number of aryl methyl sites for hydroxylation is 1. The lowest BCUT2D eigenvalue weighted by atomic mass is 10.1. The van der Waals surface area contributed by atoms with Crippen LogP contribution >= 0.6 is 11.6 Å². The normalized spacial score (nSPS) is 16.8. The van der Waals surface area contributed by atoms with Gasteiger partial charge in [-0.1, -0.05) is 11.6 Å². The van der Waals surface area contributed by atoms with Crippen LogP contribution in [0.25, 0.3) is 11.1 Å². The monoisotopic (exact) mass is 342 g/mol. The number of rotatable bonds is 2. The number of hydrogen-bond acceptors (Lipinski definition) is 5. The van der Waals surface area contributed by atoms with Gasteiger partial charge in [-0.3, -0.25) is 9.48 Å². The van der Waals surface area contributed by atoms with E-state index in [1.807, 2.05) is 4.72 Å². The summed E-state index contributed by atoms with van der Waals surface area (Å²) in [6.07, 6.45) is 3.26. The lowest BCUT2D eigenvalue weighted by Crippen LogP contribution is -2.29. The highest BCUT2D eigenvalue weighted by Crippen LogP contribution is 2.43. The van der Waals surface area contributed by atoms with Gasteiger partial charge in [0.25, 0.3) is 5.91 Å². The van der Waals surface area contributed by atoms with Crippen molar-refractivity contribution in [3.8, 4) is 16.9 Å². The Kier molecular flexibility index (Phi) is 3.26. The molecule has 1 saturated heterocycles. The smallest absolute Gasteiger partial charge is 0.326 e. The predicted octanol–water partition coefficient (Wildman–Crippen LogP) is 0.627. The fourth-order valence-electron chi connectivity index (χ4n) is 2.22. The molecule has 1 aromatic heterocycles. The van der Waals surface area contributed by atoms with E-state index in [2.05, 4.69) is 5.10 Å². The molecule has 0 unspecified atom stereocenters. The van der Waals surface area contributed by atoms with Gasteiger partial charge >= 0.3 is 10.2 Å². The van der Waals surface area contributed by atoms with Crippen molar-refractivity contribution in [2.45, 2.75) is 0 Å². The molecule has 3 rings (SSSR count). The Hall–Kier alpha value is -2.26. The van der Waals surface area contributed by atoms with Crippen molar-refractivity contribution in [2.24, 2.45) is 7.05 Å². The quantitative estimate of drug-likeness (QED) is 0.832. The second kappa shape index (κ2) is 4.89. The highest BCUT2D eigenvalue weighted by molar-refractivity contribution is 7.92. The van der Waals surface area contributed by atoms with Gasteiger partial charge < -0.3 is 5.11 Å². The Labute approximate surface area is 131 Å². The molecule has 2 aromatic rings. The Bertz CT molecular complexity index is 877. The number of halogens is 1. The number of nitrogens with one attached hydrogen (secondary N) is 1. The van der Waals surface area contributed by atoms with Crippen LogP contribution in [-0.4, -0.2) is 35.8 Å². The van der Waals surface area contributed by atoms with E-state index in [9.17, 15) is 18.3 Å². The number of aromatic hydroxyl groups is 1. The highest BCUT2D eigenvalue weighted by Gasteiger charge is 2.37. The molecule has 1 aliphatic rings. The summed E-state index contributed by atoms with van der Waals surface area (Å²) in [6.45, 7) is -0.438. The van der Waals surface area contributed by atoms with Crippen LogP contribution < -0.4 is 9.03 Å². The zero-order chi connectivity index (χ0) is 16.1. The fourth-order valence-corrected chi connectivity index (χ4v) is 3.82. The van der Waals surface area contributed by atoms with Crippen LogP contribution in [0.3, 0.4) is 0 Å². The van der Waals surface area contributed by atoms with E-state index in [4.69, 9.17) is 11.6 Å². The maximum absolute atomic E-state index is 11.9. The number of nitrogens with zero attached hydrogens (tertiary/aromatic N) is 3. The molecule has 0 bridgehead atoms. The third-order valence-corrected chi connectivity index (χ3v) is 4.94. The minimum absolute atomic E-state index is 0.0214. The second-order valence-corrected chi connectivity index (χ2v) is 6.71. The van der Waals surface area contributed by atoms with Crippen molar-refractivity contribution in [1.82, 2.24) is 14.5 Å². The summed E-state index contributed by atoms with van der Waals surface area (Å²) < 4.78 is 28.0. The Morgan fingerprint density at radius 1 is 1.41 bits per heavy atom. The van der Waals surface area contributed by atoms with E-state index in [0.29, 0.717) is 11.1 Å². The van der Waals surface area contributed by atoms with E-state index >= 15 is 0 Å². The maximum atomic E-state index is 11.9. The molecule has 2 N–H and O–H groups in total. The first-order valence-electron chi connectivity index (χ1n) is 6.13. The van der Waals surface area contributed by atoms with Crippen molar-refractivity contribution in [3.63, 3.8) is 0 Å². The lowest BCUT2D eigenvalue weighted by molar-refractivity contribution is -0.117. The topological polar surface area (TPSA) is 105 Å². The number of phenolic OH excluding ortho intramolecular Hbond substituents is 1. The summed E-state index contributed by atoms with van der Waals surface area (Å²) in [5.74, 6) is -1.03. The van der Waals surface area contributed by atoms with E-state index < -0.39 is 22.7 Å². The van der Waals surface area contributed by atoms with Crippen LogP contribution in [0, 0.1) is 0 Å². The van der Waals surface area contributed by atoms with Gasteiger partial charge in [-0.2, -0.15) is 13.5 Å². The highest BCUT2D eigenvalue weighted by atomic mass is 35.5. The first kappa shape index (κ1) is 14.7. The molecule has 10 heteroatoms. The van der Waals surface area contributed by atoms with Crippen LogP contribution in [0.2, 0.25) is 5.02 Å². The van der Waals surface area contributed by atoms with Gasteiger partial charge in [0.2, 0.25) is 0 Å². The number of carbonyl (C=O) groups is 1. The number of aromatic nitrogens is 2. The van der Waals surface area contributed by atoms with Crippen molar-refractivity contribution >= 4 is 33.4 Å². The van der Waals surface area contributed by atoms with Gasteiger partial charge in [0.1, 0.15) is 18.0 Å². The van der Waals surface area contributed by atoms with Crippen LogP contribution in [0.5, 0.6) is 5.75 Å². The Morgan fingerprint density at radius 3 is 2.68 bits per heavy atom. The van der Waals surface area contributed by atoms with Crippen LogP contribution in [0.1, 0.15) is 0 Å². The molecule has 2 heterocycles. The average Bonchev–Trinajstić information content (AvgIpc) is 2.93. The molecule has 22 heavy (non-hydrogen) atoms. The third kappa shape index (κ3) is 2.28. The first-order valence-corrected chi connectivity index (χ1v) is 7.95. The van der Waals surface area contributed by atoms with E-state index in [1.54, 1.807) is 30.2 Å². The molecule has 0 spiro atoms. The Morgan fingerprint density at radius 2 is 2.14 bits per heavy atom. The molecule has 8 nitrogen and oxygen atoms in total. The molecule has 0 saturated carbocycles. The van der Waals surface area contributed by atoms with Gasteiger partial charge in [-0.25, -0.2) is 9.03 Å². The van der Waals surface area contributed by atoms with Gasteiger partial charge in [0.15, 0.2) is 0 Å². The van der Waals surface area contributed by atoms with Gasteiger partial charge in [-0.05, 0) is 12.1 Å². The van der Waals surface area contributed by atoms with E-state index in [0.717, 1.165) is 4.31 Å². The molecule has 116 valence electrons. The fraction of sp³-hybridized carbons (Fsp3) is 0.167. The van der Waals surface area contributed by atoms with Crippen LogP contribution in [0.4, 0.5) is 5.69 Å². The number of phenols is 1. The second-order valence-electron chi connectivity index (χ2n) is 4.73. The molecular formula is C12H11ClN4O4S. The molecule has 1 aliphatic heterocycles. The summed E-state index contributed by atoms with van der Waals surface area (Å²) in [4.78, 5) is 11.4. The standard InChI is InChI=1S/C12H11ClN4O4S/c1-16-5-7(4-14-16)8-2-3-9(18)12(11(8)13)17-6-10(19)15-22(17,20)21/h2-5,18H,6H2,1H3,(H,15,19). The molecule has 1 amide bonds. The van der Waals surface area contributed by atoms with Gasteiger partial charge in [-0.15, -0.1) is 0 Å². The minimum atomic E-state index is -4.06. The number of benzene rings is 1. The lowest BCUT2D eigenvalue weighted by Gasteiger charge is -2.19. The number of anilines is 1. The molecule has 0 aliphatic carbocycles. The minimum Gasteiger partial charge on any atom is -0.506 e. The number of carbonyl (C=O) groups excluding carboxylic acids is 1. The van der Waals surface area contributed by atoms with Crippen LogP contribution in [0.15, 0.2) is 24.5 Å². The summed E-state index contributed by atoms with van der Waals surface area (Å²) in [6, 6.07) is 2.87. The van der Waals surface area contributed by atoms with E-state index in [1.165, 1.54) is 6.07 Å². The number of amides is 1. The molecule has 0 radical (unpaired) electrons. The summed E-state index contributed by atoms with van der Waals surface area (Å²) >= 11 is 6.27. The third-order valence-electron chi connectivity index (χ3n) is 3.18. The zero-order valence-electron chi connectivity index (χ0n) is 11.3. The SMILES string of the molecule is Cn1cc(-c2ccc(O)c(N3CC(=O)NS3(=O)=O)c2Cl)cn1. The summed E-state index contributed by atoms with van der Waals surface area (Å²) in [5.41, 5.74) is 1.02. The summed E-state index contributed by atoms with van der Waals surface area (Å²) in [5, 5.41) is 14.0. The Balaban J connectivity index is 2.19. The van der Waals surface area contributed by atoms with E-state index in [-0.39, 0.29) is 16.5 Å². The van der Waals surface area contributed by atoms with Crippen molar-refractivity contribution in [3.05, 3.63) is 29.5 Å². The molecule has 0 atom stereocenters.